The molecule has 3 rings (SSSR count). The Bertz CT molecular complexity index is 1110. The molecule has 0 spiro atoms. The molecule has 0 aliphatic rings. The van der Waals surface area contributed by atoms with E-state index in [1.807, 2.05) is 39.0 Å². The van der Waals surface area contributed by atoms with Crippen LogP contribution in [-0.2, 0) is 10.0 Å². The number of nitriles is 1. The fourth-order valence-corrected chi connectivity index (χ4v) is 4.92. The molecule has 0 aliphatic heterocycles. The molecule has 3 aromatic rings. The van der Waals surface area contributed by atoms with E-state index in [1.165, 1.54) is 10.5 Å². The van der Waals surface area contributed by atoms with Gasteiger partial charge in [-0.15, -0.1) is 0 Å². The van der Waals surface area contributed by atoms with Crippen LogP contribution in [0.25, 0.3) is 16.9 Å². The molecule has 0 amide bonds. The number of fused-ring (bicyclic) bond motifs is 1. The van der Waals surface area contributed by atoms with Crippen LogP contribution in [0.2, 0.25) is 0 Å². The van der Waals surface area contributed by atoms with Gasteiger partial charge >= 0.3 is 0 Å². The summed E-state index contributed by atoms with van der Waals surface area (Å²) in [4.78, 5) is 4.22. The average molecular weight is 383 g/mol. The van der Waals surface area contributed by atoms with Crippen LogP contribution in [-0.4, -0.2) is 34.8 Å². The zero-order chi connectivity index (χ0) is 19.6. The molecule has 2 heterocycles. The third-order valence-electron chi connectivity index (χ3n) is 4.15. The normalized spacial score (nSPS) is 11.7. The van der Waals surface area contributed by atoms with Crippen LogP contribution < -0.4 is 4.31 Å². The predicted octanol–water partition coefficient (Wildman–Crippen LogP) is 3.22. The summed E-state index contributed by atoms with van der Waals surface area (Å²) >= 11 is 0. The van der Waals surface area contributed by atoms with Crippen molar-refractivity contribution < 1.29 is 8.42 Å². The zero-order valence-electron chi connectivity index (χ0n) is 15.5. The number of hydrogen-bond acceptors (Lipinski definition) is 5. The van der Waals surface area contributed by atoms with Crippen LogP contribution in [0.1, 0.15) is 32.8 Å². The van der Waals surface area contributed by atoms with Crippen molar-refractivity contribution in [1.82, 2.24) is 14.6 Å². The van der Waals surface area contributed by atoms with Gasteiger partial charge in [0.2, 0.25) is 10.0 Å². The lowest BCUT2D eigenvalue weighted by molar-refractivity contribution is 0.583. The number of nitrogens with zero attached hydrogens (tertiary/aromatic N) is 5. The van der Waals surface area contributed by atoms with Crippen molar-refractivity contribution in [2.45, 2.75) is 33.2 Å². The standard InChI is InChI=1S/C19H21N5O2S/c1-4-10-27(25,26)24(14(2)3)17-7-5-6-15(11-17)18-8-9-21-19-16(12-20)13-22-23(18)19/h5-9,11,13-14H,4,10H2,1-3H3. The number of rotatable bonds is 6. The Hall–Kier alpha value is -2.92. The highest BCUT2D eigenvalue weighted by molar-refractivity contribution is 7.92. The average Bonchev–Trinajstić information content (AvgIpc) is 3.04. The van der Waals surface area contributed by atoms with E-state index in [0.29, 0.717) is 23.3 Å². The monoisotopic (exact) mass is 383 g/mol. The van der Waals surface area contributed by atoms with Crippen molar-refractivity contribution in [3.63, 3.8) is 0 Å². The molecule has 0 atom stereocenters. The highest BCUT2D eigenvalue weighted by Gasteiger charge is 2.25. The second-order valence-corrected chi connectivity index (χ2v) is 8.46. The fourth-order valence-electron chi connectivity index (χ4n) is 3.13. The van der Waals surface area contributed by atoms with E-state index in [9.17, 15) is 13.7 Å². The summed E-state index contributed by atoms with van der Waals surface area (Å²) in [5, 5.41) is 13.4. The lowest BCUT2D eigenvalue weighted by Gasteiger charge is -2.28. The van der Waals surface area contributed by atoms with E-state index in [2.05, 4.69) is 16.2 Å². The van der Waals surface area contributed by atoms with Crippen LogP contribution in [0.15, 0.2) is 42.7 Å². The van der Waals surface area contributed by atoms with Crippen LogP contribution in [0.5, 0.6) is 0 Å². The Morgan fingerprint density at radius 2 is 2.07 bits per heavy atom. The number of aromatic nitrogens is 3. The lowest BCUT2D eigenvalue weighted by atomic mass is 10.1. The maximum absolute atomic E-state index is 12.7. The summed E-state index contributed by atoms with van der Waals surface area (Å²) in [7, 11) is -3.41. The first-order chi connectivity index (χ1) is 12.9. The van der Waals surface area contributed by atoms with Gasteiger partial charge in [-0.2, -0.15) is 10.4 Å². The molecule has 0 fully saturated rings. The minimum absolute atomic E-state index is 0.0968. The summed E-state index contributed by atoms with van der Waals surface area (Å²) in [6, 6.07) is 11.0. The maximum atomic E-state index is 12.7. The number of benzene rings is 1. The summed E-state index contributed by atoms with van der Waals surface area (Å²) < 4.78 is 28.5. The maximum Gasteiger partial charge on any atom is 0.235 e. The molecule has 0 aliphatic carbocycles. The topological polar surface area (TPSA) is 91.4 Å². The molecule has 0 unspecified atom stereocenters. The van der Waals surface area contributed by atoms with Gasteiger partial charge in [0, 0.05) is 17.8 Å². The Morgan fingerprint density at radius 3 is 2.74 bits per heavy atom. The molecule has 0 radical (unpaired) electrons. The van der Waals surface area contributed by atoms with E-state index in [-0.39, 0.29) is 11.8 Å². The van der Waals surface area contributed by atoms with Gasteiger partial charge in [0.05, 0.1) is 23.3 Å². The molecule has 27 heavy (non-hydrogen) atoms. The number of anilines is 1. The zero-order valence-corrected chi connectivity index (χ0v) is 16.3. The smallest absolute Gasteiger partial charge is 0.235 e. The highest BCUT2D eigenvalue weighted by atomic mass is 32.2. The van der Waals surface area contributed by atoms with Crippen LogP contribution in [0, 0.1) is 11.3 Å². The molecule has 7 nitrogen and oxygen atoms in total. The number of sulfonamides is 1. The van der Waals surface area contributed by atoms with Gasteiger partial charge in [0.15, 0.2) is 5.65 Å². The molecule has 140 valence electrons. The van der Waals surface area contributed by atoms with Gasteiger partial charge in [-0.3, -0.25) is 4.31 Å². The van der Waals surface area contributed by atoms with Crippen LogP contribution in [0.4, 0.5) is 5.69 Å². The van der Waals surface area contributed by atoms with E-state index < -0.39 is 10.0 Å². The minimum Gasteiger partial charge on any atom is -0.268 e. The SMILES string of the molecule is CCCS(=O)(=O)N(c1cccc(-c2ccnc3c(C#N)cnn23)c1)C(C)C. The number of hydrogen-bond donors (Lipinski definition) is 0. The highest BCUT2D eigenvalue weighted by Crippen LogP contribution is 2.28. The minimum atomic E-state index is -3.41. The van der Waals surface area contributed by atoms with Gasteiger partial charge in [-0.1, -0.05) is 19.1 Å². The van der Waals surface area contributed by atoms with Crippen molar-refractivity contribution in [2.75, 3.05) is 10.1 Å². The quantitative estimate of drug-likeness (QED) is 0.652. The first kappa shape index (κ1) is 18.9. The molecular formula is C19H21N5O2S. The van der Waals surface area contributed by atoms with Crippen LogP contribution in [0.3, 0.4) is 0 Å². The largest absolute Gasteiger partial charge is 0.268 e. The van der Waals surface area contributed by atoms with Crippen LogP contribution >= 0.6 is 0 Å². The van der Waals surface area contributed by atoms with Crippen molar-refractivity contribution in [1.29, 1.82) is 5.26 Å². The van der Waals surface area contributed by atoms with E-state index in [0.717, 1.165) is 11.3 Å². The molecule has 0 bridgehead atoms. The van der Waals surface area contributed by atoms with Gasteiger partial charge in [-0.25, -0.2) is 17.9 Å². The Balaban J connectivity index is 2.14. The fraction of sp³-hybridized carbons (Fsp3) is 0.316. The van der Waals surface area contributed by atoms with Gasteiger partial charge < -0.3 is 0 Å². The lowest BCUT2D eigenvalue weighted by Crippen LogP contribution is -2.38. The molecule has 2 aromatic heterocycles. The Morgan fingerprint density at radius 1 is 1.30 bits per heavy atom. The molecule has 0 N–H and O–H groups in total. The molecule has 8 heteroatoms. The van der Waals surface area contributed by atoms with E-state index in [1.54, 1.807) is 22.8 Å². The second kappa shape index (κ2) is 7.37. The molecular weight excluding hydrogens is 362 g/mol. The van der Waals surface area contributed by atoms with Crippen molar-refractivity contribution >= 4 is 21.4 Å². The summed E-state index contributed by atoms with van der Waals surface area (Å²) in [5.41, 5.74) is 3.00. The second-order valence-electron chi connectivity index (χ2n) is 6.49. The van der Waals surface area contributed by atoms with E-state index >= 15 is 0 Å². The third-order valence-corrected chi connectivity index (χ3v) is 6.30. The van der Waals surface area contributed by atoms with Crippen molar-refractivity contribution in [2.24, 2.45) is 0 Å². The summed E-state index contributed by atoms with van der Waals surface area (Å²) in [5.74, 6) is 0.0968. The first-order valence-electron chi connectivity index (χ1n) is 8.74. The molecule has 0 saturated heterocycles. The van der Waals surface area contributed by atoms with Crippen molar-refractivity contribution in [3.05, 3.63) is 48.3 Å². The van der Waals surface area contributed by atoms with Gasteiger partial charge in [0.25, 0.3) is 0 Å². The third kappa shape index (κ3) is 3.51. The summed E-state index contributed by atoms with van der Waals surface area (Å²) in [6.07, 6.45) is 3.65. The molecule has 1 aromatic carbocycles. The Labute approximate surface area is 158 Å². The predicted molar refractivity (Wildman–Crippen MR) is 105 cm³/mol. The van der Waals surface area contributed by atoms with Gasteiger partial charge in [-0.05, 0) is 38.5 Å². The first-order valence-corrected chi connectivity index (χ1v) is 10.4. The Kier molecular flexibility index (Phi) is 5.15. The van der Waals surface area contributed by atoms with Gasteiger partial charge in [0.1, 0.15) is 11.6 Å². The molecule has 0 saturated carbocycles. The summed E-state index contributed by atoms with van der Waals surface area (Å²) in [6.45, 7) is 5.57. The van der Waals surface area contributed by atoms with E-state index in [4.69, 9.17) is 0 Å². The van der Waals surface area contributed by atoms with Crippen molar-refractivity contribution in [3.8, 4) is 17.3 Å².